The molecular formula is C41H49NO5Si. The molecule has 2 fully saturated rings. The maximum absolute atomic E-state index is 13.4. The molecule has 3 aromatic carbocycles. The zero-order valence-corrected chi connectivity index (χ0v) is 30.4. The normalized spacial score (nSPS) is 23.1. The minimum atomic E-state index is -2.83. The molecule has 48 heavy (non-hydrogen) atoms. The highest BCUT2D eigenvalue weighted by Crippen LogP contribution is 2.50. The van der Waals surface area contributed by atoms with Crippen LogP contribution in [0.3, 0.4) is 0 Å². The Hall–Kier alpha value is -3.78. The lowest BCUT2D eigenvalue weighted by Crippen LogP contribution is -2.66. The van der Waals surface area contributed by atoms with Gasteiger partial charge in [0.15, 0.2) is 0 Å². The van der Waals surface area contributed by atoms with Crippen molar-refractivity contribution in [3.63, 3.8) is 0 Å². The van der Waals surface area contributed by atoms with E-state index in [-0.39, 0.29) is 40.7 Å². The molecule has 2 aliphatic heterocycles. The van der Waals surface area contributed by atoms with Gasteiger partial charge < -0.3 is 14.3 Å². The molecule has 252 valence electrons. The van der Waals surface area contributed by atoms with Crippen LogP contribution in [0.4, 0.5) is 0 Å². The summed E-state index contributed by atoms with van der Waals surface area (Å²) < 4.78 is 14.0. The largest absolute Gasteiger partial charge is 0.507 e. The molecule has 0 saturated carbocycles. The standard InChI is InChI=1S/C41H49NO5Si/c1-26(20-29-21-27(2)38(43)28(3)22-29)18-19-35-36-30(23-33-37(34(36)25-46-35)40(45)42(7)39(33)44)24-47-48(41(4,5)6,31-14-10-8-11-15-31)32-16-12-9-13-17-32/h8-17,20-22,33-35,37,43H,18-19,23-25H2,1-7H3/b26-20+/t33-,34+,35-,37-/m1/s1. The number of hydrogen-bond donors (Lipinski definition) is 1. The van der Waals surface area contributed by atoms with Crippen molar-refractivity contribution in [3.8, 4) is 5.75 Å². The van der Waals surface area contributed by atoms with Gasteiger partial charge in [-0.05, 0) is 95.4 Å². The third-order valence-corrected chi connectivity index (χ3v) is 15.8. The molecule has 0 unspecified atom stereocenters. The maximum Gasteiger partial charge on any atom is 0.261 e. The van der Waals surface area contributed by atoms with Gasteiger partial charge in [0.05, 0.1) is 31.2 Å². The van der Waals surface area contributed by atoms with Gasteiger partial charge in [-0.2, -0.15) is 0 Å². The van der Waals surface area contributed by atoms with Gasteiger partial charge in [0.25, 0.3) is 8.32 Å². The minimum Gasteiger partial charge on any atom is -0.507 e. The number of rotatable bonds is 9. The van der Waals surface area contributed by atoms with E-state index in [0.717, 1.165) is 35.1 Å². The number of likely N-dealkylation sites (tertiary alicyclic amines) is 1. The third kappa shape index (κ3) is 6.01. The van der Waals surface area contributed by atoms with Crippen LogP contribution in [0.2, 0.25) is 5.04 Å². The summed E-state index contributed by atoms with van der Waals surface area (Å²) in [5.41, 5.74) is 6.32. The number of carbonyl (C=O) groups excluding carboxylic acids is 2. The number of phenols is 1. The van der Waals surface area contributed by atoms with E-state index in [1.165, 1.54) is 26.4 Å². The Morgan fingerprint density at radius 3 is 2.10 bits per heavy atom. The van der Waals surface area contributed by atoms with Crippen LogP contribution < -0.4 is 10.4 Å². The lowest BCUT2D eigenvalue weighted by Gasteiger charge is -2.44. The number of nitrogens with zero attached hydrogens (tertiary/aromatic N) is 1. The lowest BCUT2D eigenvalue weighted by molar-refractivity contribution is -0.138. The Bertz CT molecular complexity index is 1690. The van der Waals surface area contributed by atoms with E-state index in [1.54, 1.807) is 7.05 Å². The van der Waals surface area contributed by atoms with Crippen molar-refractivity contribution in [1.29, 1.82) is 0 Å². The van der Waals surface area contributed by atoms with Crippen LogP contribution in [0.25, 0.3) is 6.08 Å². The van der Waals surface area contributed by atoms with Gasteiger partial charge in [0, 0.05) is 13.0 Å². The summed E-state index contributed by atoms with van der Waals surface area (Å²) >= 11 is 0. The first-order chi connectivity index (χ1) is 22.8. The Labute approximate surface area is 286 Å². The number of imide groups is 1. The monoisotopic (exact) mass is 663 g/mol. The number of fused-ring (bicyclic) bond motifs is 3. The number of phenolic OH excluding ortho intramolecular Hbond substituents is 1. The van der Waals surface area contributed by atoms with E-state index >= 15 is 0 Å². The van der Waals surface area contributed by atoms with Crippen LogP contribution in [0.15, 0.2) is 89.5 Å². The Morgan fingerprint density at radius 1 is 0.958 bits per heavy atom. The number of ether oxygens (including phenoxy) is 1. The first-order valence-electron chi connectivity index (χ1n) is 17.2. The minimum absolute atomic E-state index is 0.0853. The predicted octanol–water partition coefficient (Wildman–Crippen LogP) is 6.72. The number of amides is 2. The average molecular weight is 664 g/mol. The van der Waals surface area contributed by atoms with Crippen molar-refractivity contribution < 1.29 is 23.9 Å². The molecule has 3 aliphatic rings. The number of carbonyl (C=O) groups is 2. The molecule has 1 aliphatic carbocycles. The van der Waals surface area contributed by atoms with Crippen LogP contribution in [0, 0.1) is 31.6 Å². The molecule has 7 heteroatoms. The van der Waals surface area contributed by atoms with Gasteiger partial charge in [0.2, 0.25) is 11.8 Å². The second-order valence-corrected chi connectivity index (χ2v) is 19.3. The highest BCUT2D eigenvalue weighted by atomic mass is 28.4. The molecule has 2 saturated heterocycles. The van der Waals surface area contributed by atoms with Crippen molar-refractivity contribution in [1.82, 2.24) is 4.90 Å². The zero-order chi connectivity index (χ0) is 34.4. The fourth-order valence-corrected chi connectivity index (χ4v) is 13.1. The summed E-state index contributed by atoms with van der Waals surface area (Å²) in [4.78, 5) is 28.2. The van der Waals surface area contributed by atoms with Crippen LogP contribution in [0.1, 0.15) is 63.6 Å². The van der Waals surface area contributed by atoms with Gasteiger partial charge in [-0.1, -0.05) is 93.1 Å². The summed E-state index contributed by atoms with van der Waals surface area (Å²) in [6.45, 7) is 13.6. The quantitative estimate of drug-likeness (QED) is 0.156. The molecule has 0 bridgehead atoms. The van der Waals surface area contributed by atoms with E-state index in [2.05, 4.69) is 82.3 Å². The zero-order valence-electron chi connectivity index (χ0n) is 29.4. The Morgan fingerprint density at radius 2 is 1.54 bits per heavy atom. The van der Waals surface area contributed by atoms with Crippen molar-refractivity contribution in [2.45, 2.75) is 71.9 Å². The van der Waals surface area contributed by atoms with Gasteiger partial charge in [0.1, 0.15) is 5.75 Å². The fraction of sp³-hybridized carbons (Fsp3) is 0.415. The maximum atomic E-state index is 13.4. The van der Waals surface area contributed by atoms with Crippen molar-refractivity contribution >= 4 is 36.6 Å². The Kier molecular flexibility index (Phi) is 9.42. The fourth-order valence-electron chi connectivity index (χ4n) is 8.51. The summed E-state index contributed by atoms with van der Waals surface area (Å²) in [6.07, 6.45) is 4.16. The van der Waals surface area contributed by atoms with Crippen LogP contribution in [-0.2, 0) is 18.8 Å². The number of benzene rings is 3. The molecular weight excluding hydrogens is 615 g/mol. The summed E-state index contributed by atoms with van der Waals surface area (Å²) in [5, 5.41) is 12.5. The summed E-state index contributed by atoms with van der Waals surface area (Å²) in [6, 6.07) is 25.3. The highest BCUT2D eigenvalue weighted by molar-refractivity contribution is 6.99. The lowest BCUT2D eigenvalue weighted by atomic mass is 9.69. The molecule has 3 aromatic rings. The third-order valence-electron chi connectivity index (χ3n) is 10.8. The van der Waals surface area contributed by atoms with Crippen LogP contribution in [0.5, 0.6) is 5.75 Å². The van der Waals surface area contributed by atoms with Crippen LogP contribution >= 0.6 is 0 Å². The molecule has 6 rings (SSSR count). The molecule has 1 N–H and O–H groups in total. The van der Waals surface area contributed by atoms with Crippen molar-refractivity contribution in [2.75, 3.05) is 20.3 Å². The topological polar surface area (TPSA) is 76.1 Å². The van der Waals surface area contributed by atoms with E-state index < -0.39 is 8.32 Å². The molecule has 2 heterocycles. The average Bonchev–Trinajstić information content (AvgIpc) is 3.58. The summed E-state index contributed by atoms with van der Waals surface area (Å²) in [7, 11) is -1.21. The van der Waals surface area contributed by atoms with Gasteiger partial charge >= 0.3 is 0 Å². The number of aryl methyl sites for hydroxylation is 2. The SMILES string of the molecule is C/C(=C\c1cc(C)c(O)c(C)c1)CC[C@H]1OC[C@H]2C1=C(CO[Si](c1ccccc1)(c1ccccc1)C(C)(C)C)C[C@H]1C(=O)N(C)C(=O)[C@H]12. The van der Waals surface area contributed by atoms with E-state index in [9.17, 15) is 14.7 Å². The molecule has 0 radical (unpaired) electrons. The van der Waals surface area contributed by atoms with Crippen molar-refractivity contribution in [3.05, 3.63) is 106 Å². The highest BCUT2D eigenvalue weighted by Gasteiger charge is 2.57. The van der Waals surface area contributed by atoms with Crippen molar-refractivity contribution in [2.24, 2.45) is 17.8 Å². The molecule has 0 aromatic heterocycles. The second kappa shape index (κ2) is 13.3. The van der Waals surface area contributed by atoms with Gasteiger partial charge in [-0.15, -0.1) is 0 Å². The molecule has 6 nitrogen and oxygen atoms in total. The van der Waals surface area contributed by atoms with E-state index in [0.29, 0.717) is 25.4 Å². The smallest absolute Gasteiger partial charge is 0.261 e. The molecule has 2 amide bonds. The van der Waals surface area contributed by atoms with E-state index in [1.807, 2.05) is 38.1 Å². The second-order valence-electron chi connectivity index (χ2n) is 15.0. The predicted molar refractivity (Wildman–Crippen MR) is 194 cm³/mol. The molecule has 4 atom stereocenters. The number of aromatic hydroxyl groups is 1. The number of allylic oxidation sites excluding steroid dienone is 1. The van der Waals surface area contributed by atoms with Crippen LogP contribution in [-0.4, -0.2) is 56.5 Å². The van der Waals surface area contributed by atoms with E-state index in [4.69, 9.17) is 9.16 Å². The van der Waals surface area contributed by atoms with Gasteiger partial charge in [-0.25, -0.2) is 0 Å². The number of hydrogen-bond acceptors (Lipinski definition) is 5. The first-order valence-corrected chi connectivity index (χ1v) is 19.1. The summed E-state index contributed by atoms with van der Waals surface area (Å²) in [5.74, 6) is -0.708. The Balaban J connectivity index is 1.36. The van der Waals surface area contributed by atoms with Gasteiger partial charge in [-0.3, -0.25) is 14.5 Å². The first kappa shape index (κ1) is 34.1. The molecule has 0 spiro atoms.